The standard InChI is InChI=1S/C15H20ClNO2/c1-10-2-4-11(5-3-10)9-17-15(19)12-6-7-14(18)13(16)8-12/h6-8,10-11,18H,2-5,9H2,1H3,(H,17,19). The average Bonchev–Trinajstić information content (AvgIpc) is 2.41. The van der Waals surface area contributed by atoms with Gasteiger partial charge in [0.2, 0.25) is 0 Å². The number of benzene rings is 1. The van der Waals surface area contributed by atoms with Crippen molar-refractivity contribution in [2.24, 2.45) is 11.8 Å². The number of nitrogens with one attached hydrogen (secondary N) is 1. The summed E-state index contributed by atoms with van der Waals surface area (Å²) in [5.41, 5.74) is 0.493. The topological polar surface area (TPSA) is 49.3 Å². The van der Waals surface area contributed by atoms with Gasteiger partial charge in [-0.05, 0) is 42.9 Å². The lowest BCUT2D eigenvalue weighted by Gasteiger charge is -2.26. The summed E-state index contributed by atoms with van der Waals surface area (Å²) in [5.74, 6) is 1.29. The smallest absolute Gasteiger partial charge is 0.251 e. The second-order valence-corrected chi connectivity index (χ2v) is 5.91. The third kappa shape index (κ3) is 3.87. The predicted molar refractivity (Wildman–Crippen MR) is 76.6 cm³/mol. The van der Waals surface area contributed by atoms with Gasteiger partial charge in [0, 0.05) is 12.1 Å². The van der Waals surface area contributed by atoms with Gasteiger partial charge in [-0.1, -0.05) is 31.4 Å². The number of halogens is 1. The molecule has 19 heavy (non-hydrogen) atoms. The lowest BCUT2D eigenvalue weighted by atomic mass is 9.83. The summed E-state index contributed by atoms with van der Waals surface area (Å²) in [6.45, 7) is 3.01. The molecule has 1 aliphatic carbocycles. The minimum absolute atomic E-state index is 0.000477. The van der Waals surface area contributed by atoms with E-state index in [0.717, 1.165) is 12.5 Å². The molecule has 0 heterocycles. The summed E-state index contributed by atoms with van der Waals surface area (Å²) < 4.78 is 0. The fourth-order valence-corrected chi connectivity index (χ4v) is 2.70. The van der Waals surface area contributed by atoms with Crippen LogP contribution in [0, 0.1) is 11.8 Å². The summed E-state index contributed by atoms with van der Waals surface area (Å²) in [7, 11) is 0. The zero-order chi connectivity index (χ0) is 13.8. The SMILES string of the molecule is CC1CCC(CNC(=O)c2ccc(O)c(Cl)c2)CC1. The monoisotopic (exact) mass is 281 g/mol. The molecule has 1 aliphatic rings. The van der Waals surface area contributed by atoms with Crippen LogP contribution in [0.5, 0.6) is 5.75 Å². The molecule has 0 spiro atoms. The number of amides is 1. The van der Waals surface area contributed by atoms with Gasteiger partial charge in [0.25, 0.3) is 5.91 Å². The second-order valence-electron chi connectivity index (χ2n) is 5.50. The van der Waals surface area contributed by atoms with E-state index < -0.39 is 0 Å². The fourth-order valence-electron chi connectivity index (χ4n) is 2.52. The Morgan fingerprint density at radius 1 is 1.37 bits per heavy atom. The van der Waals surface area contributed by atoms with Crippen molar-refractivity contribution >= 4 is 17.5 Å². The van der Waals surface area contributed by atoms with Gasteiger partial charge >= 0.3 is 0 Å². The number of carbonyl (C=O) groups excluding carboxylic acids is 1. The number of phenolic OH excluding ortho intramolecular Hbond substituents is 1. The predicted octanol–water partition coefficient (Wildman–Crippen LogP) is 3.60. The molecule has 1 amide bonds. The largest absolute Gasteiger partial charge is 0.506 e. The van der Waals surface area contributed by atoms with E-state index in [1.54, 1.807) is 6.07 Å². The van der Waals surface area contributed by atoms with E-state index in [-0.39, 0.29) is 16.7 Å². The Labute approximate surface area is 119 Å². The first kappa shape index (κ1) is 14.2. The van der Waals surface area contributed by atoms with Gasteiger partial charge in [-0.2, -0.15) is 0 Å². The van der Waals surface area contributed by atoms with E-state index in [1.165, 1.54) is 37.8 Å². The van der Waals surface area contributed by atoms with Crippen molar-refractivity contribution in [1.29, 1.82) is 0 Å². The van der Waals surface area contributed by atoms with Gasteiger partial charge in [-0.3, -0.25) is 4.79 Å². The van der Waals surface area contributed by atoms with Gasteiger partial charge in [-0.25, -0.2) is 0 Å². The minimum Gasteiger partial charge on any atom is -0.506 e. The first-order valence-corrected chi connectivity index (χ1v) is 7.20. The fraction of sp³-hybridized carbons (Fsp3) is 0.533. The minimum atomic E-state index is -0.125. The van der Waals surface area contributed by atoms with E-state index in [1.807, 2.05) is 0 Å². The van der Waals surface area contributed by atoms with Gasteiger partial charge in [0.1, 0.15) is 5.75 Å². The average molecular weight is 282 g/mol. The normalized spacial score (nSPS) is 23.1. The Bertz CT molecular complexity index is 453. The molecule has 0 bridgehead atoms. The van der Waals surface area contributed by atoms with Crippen molar-refractivity contribution in [3.63, 3.8) is 0 Å². The molecule has 1 saturated carbocycles. The molecule has 4 heteroatoms. The number of carbonyl (C=O) groups is 1. The number of phenols is 1. The van der Waals surface area contributed by atoms with E-state index in [9.17, 15) is 9.90 Å². The Morgan fingerprint density at radius 2 is 2.05 bits per heavy atom. The first-order chi connectivity index (χ1) is 9.06. The number of hydrogen-bond acceptors (Lipinski definition) is 2. The van der Waals surface area contributed by atoms with Crippen LogP contribution in [0.3, 0.4) is 0 Å². The highest BCUT2D eigenvalue weighted by atomic mass is 35.5. The van der Waals surface area contributed by atoms with E-state index in [4.69, 9.17) is 11.6 Å². The van der Waals surface area contributed by atoms with Crippen LogP contribution < -0.4 is 5.32 Å². The van der Waals surface area contributed by atoms with Crippen LogP contribution in [-0.4, -0.2) is 17.6 Å². The molecule has 2 rings (SSSR count). The first-order valence-electron chi connectivity index (χ1n) is 6.83. The maximum absolute atomic E-state index is 12.0. The third-order valence-corrected chi connectivity index (χ3v) is 4.20. The van der Waals surface area contributed by atoms with Crippen LogP contribution in [0.25, 0.3) is 0 Å². The molecular weight excluding hydrogens is 262 g/mol. The Hall–Kier alpha value is -1.22. The van der Waals surface area contributed by atoms with E-state index >= 15 is 0 Å². The van der Waals surface area contributed by atoms with Crippen LogP contribution in [0.1, 0.15) is 43.0 Å². The summed E-state index contributed by atoms with van der Waals surface area (Å²) in [6.07, 6.45) is 4.90. The number of aromatic hydroxyl groups is 1. The third-order valence-electron chi connectivity index (χ3n) is 3.90. The van der Waals surface area contributed by atoms with E-state index in [2.05, 4.69) is 12.2 Å². The van der Waals surface area contributed by atoms with Gasteiger partial charge in [0.15, 0.2) is 0 Å². The zero-order valence-corrected chi connectivity index (χ0v) is 11.9. The van der Waals surface area contributed by atoms with Crippen LogP contribution in [0.2, 0.25) is 5.02 Å². The van der Waals surface area contributed by atoms with Gasteiger partial charge in [0.05, 0.1) is 5.02 Å². The summed E-state index contributed by atoms with van der Waals surface area (Å²) >= 11 is 5.79. The molecular formula is C15H20ClNO2. The lowest BCUT2D eigenvalue weighted by molar-refractivity contribution is 0.0942. The maximum atomic E-state index is 12.0. The van der Waals surface area contributed by atoms with Gasteiger partial charge in [-0.15, -0.1) is 0 Å². The van der Waals surface area contributed by atoms with Crippen LogP contribution >= 0.6 is 11.6 Å². The number of rotatable bonds is 3. The molecule has 3 nitrogen and oxygen atoms in total. The summed E-state index contributed by atoms with van der Waals surface area (Å²) in [6, 6.07) is 4.52. The van der Waals surface area contributed by atoms with Crippen molar-refractivity contribution in [1.82, 2.24) is 5.32 Å². The Kier molecular flexibility index (Phi) is 4.70. The highest BCUT2D eigenvalue weighted by Gasteiger charge is 2.19. The quantitative estimate of drug-likeness (QED) is 0.889. The zero-order valence-electron chi connectivity index (χ0n) is 11.2. The molecule has 0 atom stereocenters. The second kappa shape index (κ2) is 6.29. The number of hydrogen-bond donors (Lipinski definition) is 2. The van der Waals surface area contributed by atoms with Crippen molar-refractivity contribution in [2.75, 3.05) is 6.54 Å². The lowest BCUT2D eigenvalue weighted by Crippen LogP contribution is -2.31. The molecule has 2 N–H and O–H groups in total. The molecule has 1 fully saturated rings. The van der Waals surface area contributed by atoms with Crippen LogP contribution in [0.4, 0.5) is 0 Å². The van der Waals surface area contributed by atoms with Crippen molar-refractivity contribution in [2.45, 2.75) is 32.6 Å². The van der Waals surface area contributed by atoms with Crippen LogP contribution in [-0.2, 0) is 0 Å². The van der Waals surface area contributed by atoms with Crippen molar-refractivity contribution in [3.05, 3.63) is 28.8 Å². The highest BCUT2D eigenvalue weighted by Crippen LogP contribution is 2.28. The molecule has 0 aliphatic heterocycles. The van der Waals surface area contributed by atoms with E-state index in [0.29, 0.717) is 11.5 Å². The molecule has 0 unspecified atom stereocenters. The molecule has 104 valence electrons. The molecule has 0 radical (unpaired) electrons. The maximum Gasteiger partial charge on any atom is 0.251 e. The van der Waals surface area contributed by atoms with Crippen molar-refractivity contribution < 1.29 is 9.90 Å². The molecule has 0 saturated heterocycles. The summed E-state index contributed by atoms with van der Waals surface area (Å²) in [4.78, 5) is 12.0. The molecule has 0 aromatic heterocycles. The van der Waals surface area contributed by atoms with Crippen LogP contribution in [0.15, 0.2) is 18.2 Å². The molecule has 1 aromatic carbocycles. The Morgan fingerprint density at radius 3 is 2.68 bits per heavy atom. The highest BCUT2D eigenvalue weighted by molar-refractivity contribution is 6.32. The van der Waals surface area contributed by atoms with Crippen molar-refractivity contribution in [3.8, 4) is 5.75 Å². The van der Waals surface area contributed by atoms with Gasteiger partial charge < -0.3 is 10.4 Å². The summed E-state index contributed by atoms with van der Waals surface area (Å²) in [5, 5.41) is 12.5. The molecule has 1 aromatic rings. The Balaban J connectivity index is 1.85.